The molecule has 2 heterocycles. The standard InChI is InChI=1S/C15H11NO/c17-11-15-8-4-7-14-9-13(10-16(14)15)12-5-2-1-3-6-12/h1-11H. The van der Waals surface area contributed by atoms with Crippen LogP contribution >= 0.6 is 0 Å². The Kier molecular flexibility index (Phi) is 2.26. The summed E-state index contributed by atoms with van der Waals surface area (Å²) in [5.41, 5.74) is 3.99. The largest absolute Gasteiger partial charge is 0.314 e. The van der Waals surface area contributed by atoms with Crippen molar-refractivity contribution in [2.45, 2.75) is 0 Å². The van der Waals surface area contributed by atoms with Crippen LogP contribution in [-0.2, 0) is 0 Å². The minimum atomic E-state index is 0.671. The highest BCUT2D eigenvalue weighted by Gasteiger charge is 2.04. The van der Waals surface area contributed by atoms with Crippen LogP contribution in [0.1, 0.15) is 10.5 Å². The smallest absolute Gasteiger partial charge is 0.166 e. The zero-order valence-electron chi connectivity index (χ0n) is 9.21. The van der Waals surface area contributed by atoms with Gasteiger partial charge in [0.1, 0.15) is 0 Å². The second kappa shape index (κ2) is 3.91. The van der Waals surface area contributed by atoms with Gasteiger partial charge in [-0.05, 0) is 23.8 Å². The first-order valence-corrected chi connectivity index (χ1v) is 5.50. The van der Waals surface area contributed by atoms with Crippen molar-refractivity contribution in [2.75, 3.05) is 0 Å². The maximum Gasteiger partial charge on any atom is 0.166 e. The van der Waals surface area contributed by atoms with E-state index in [0.717, 1.165) is 22.9 Å². The first-order valence-electron chi connectivity index (χ1n) is 5.50. The number of aromatic nitrogens is 1. The molecule has 0 aliphatic carbocycles. The quantitative estimate of drug-likeness (QED) is 0.607. The second-order valence-corrected chi connectivity index (χ2v) is 3.96. The number of hydrogen-bond donors (Lipinski definition) is 0. The van der Waals surface area contributed by atoms with E-state index in [4.69, 9.17) is 0 Å². The summed E-state index contributed by atoms with van der Waals surface area (Å²) in [4.78, 5) is 10.9. The molecule has 2 heteroatoms. The Labute approximate surface area is 99.1 Å². The second-order valence-electron chi connectivity index (χ2n) is 3.96. The van der Waals surface area contributed by atoms with E-state index in [1.807, 2.05) is 47.0 Å². The SMILES string of the molecule is O=Cc1cccc2cc(-c3ccccc3)cn12. The van der Waals surface area contributed by atoms with Gasteiger partial charge in [0.05, 0.1) is 5.69 Å². The van der Waals surface area contributed by atoms with Gasteiger partial charge in [-0.1, -0.05) is 36.4 Å². The van der Waals surface area contributed by atoms with Crippen molar-refractivity contribution in [3.8, 4) is 11.1 Å². The molecule has 2 aromatic heterocycles. The molecule has 17 heavy (non-hydrogen) atoms. The molecule has 1 aromatic carbocycles. The Morgan fingerprint density at radius 2 is 1.71 bits per heavy atom. The van der Waals surface area contributed by atoms with Crippen molar-refractivity contribution >= 4 is 11.8 Å². The summed E-state index contributed by atoms with van der Waals surface area (Å²) in [6, 6.07) is 17.9. The molecule has 2 nitrogen and oxygen atoms in total. The monoisotopic (exact) mass is 221 g/mol. The fourth-order valence-corrected chi connectivity index (χ4v) is 2.04. The van der Waals surface area contributed by atoms with Crippen molar-refractivity contribution in [1.29, 1.82) is 0 Å². The number of aldehydes is 1. The number of hydrogen-bond acceptors (Lipinski definition) is 1. The molecule has 0 bridgehead atoms. The lowest BCUT2D eigenvalue weighted by molar-refractivity contribution is 0.111. The zero-order valence-corrected chi connectivity index (χ0v) is 9.21. The lowest BCUT2D eigenvalue weighted by Gasteiger charge is -1.97. The van der Waals surface area contributed by atoms with Gasteiger partial charge in [0.25, 0.3) is 0 Å². The summed E-state index contributed by atoms with van der Waals surface area (Å²) in [6.07, 6.45) is 2.87. The number of fused-ring (bicyclic) bond motifs is 1. The Bertz CT molecular complexity index is 668. The number of benzene rings is 1. The molecule has 3 rings (SSSR count). The first kappa shape index (κ1) is 9.85. The fraction of sp³-hybridized carbons (Fsp3) is 0. The minimum Gasteiger partial charge on any atom is -0.314 e. The Morgan fingerprint density at radius 1 is 0.882 bits per heavy atom. The lowest BCUT2D eigenvalue weighted by atomic mass is 10.1. The van der Waals surface area contributed by atoms with Gasteiger partial charge in [-0.15, -0.1) is 0 Å². The van der Waals surface area contributed by atoms with E-state index in [-0.39, 0.29) is 0 Å². The highest BCUT2D eigenvalue weighted by atomic mass is 16.1. The third kappa shape index (κ3) is 1.64. The van der Waals surface area contributed by atoms with E-state index < -0.39 is 0 Å². The molecule has 0 fully saturated rings. The van der Waals surface area contributed by atoms with Crippen LogP contribution in [0.4, 0.5) is 0 Å². The summed E-state index contributed by atoms with van der Waals surface area (Å²) in [5.74, 6) is 0. The van der Waals surface area contributed by atoms with Crippen molar-refractivity contribution in [2.24, 2.45) is 0 Å². The maximum absolute atomic E-state index is 10.9. The van der Waals surface area contributed by atoms with Gasteiger partial charge in [-0.25, -0.2) is 0 Å². The molecule has 0 unspecified atom stereocenters. The predicted molar refractivity (Wildman–Crippen MR) is 68.2 cm³/mol. The zero-order chi connectivity index (χ0) is 11.7. The third-order valence-corrected chi connectivity index (χ3v) is 2.89. The van der Waals surface area contributed by atoms with Gasteiger partial charge in [-0.3, -0.25) is 4.79 Å². The molecule has 3 aromatic rings. The molecule has 0 spiro atoms. The topological polar surface area (TPSA) is 21.5 Å². The Morgan fingerprint density at radius 3 is 2.47 bits per heavy atom. The molecule has 0 saturated heterocycles. The highest BCUT2D eigenvalue weighted by molar-refractivity contribution is 5.77. The Hall–Kier alpha value is -2.35. The van der Waals surface area contributed by atoms with Gasteiger partial charge in [-0.2, -0.15) is 0 Å². The van der Waals surface area contributed by atoms with Crippen LogP contribution in [0.5, 0.6) is 0 Å². The van der Waals surface area contributed by atoms with Gasteiger partial charge >= 0.3 is 0 Å². The van der Waals surface area contributed by atoms with Crippen LogP contribution in [0.25, 0.3) is 16.6 Å². The van der Waals surface area contributed by atoms with Crippen molar-refractivity contribution in [1.82, 2.24) is 4.40 Å². The van der Waals surface area contributed by atoms with Gasteiger partial charge in [0.2, 0.25) is 0 Å². The average Bonchev–Trinajstić information content (AvgIpc) is 2.83. The molecule has 0 radical (unpaired) electrons. The number of carbonyl (C=O) groups excluding carboxylic acids is 1. The van der Waals surface area contributed by atoms with E-state index >= 15 is 0 Å². The molecule has 0 aliphatic heterocycles. The Balaban J connectivity index is 2.24. The molecule has 0 N–H and O–H groups in total. The molecule has 0 amide bonds. The summed E-state index contributed by atoms with van der Waals surface area (Å²) >= 11 is 0. The van der Waals surface area contributed by atoms with Crippen LogP contribution in [0.2, 0.25) is 0 Å². The van der Waals surface area contributed by atoms with Crippen molar-refractivity contribution in [3.05, 3.63) is 66.5 Å². The molecule has 82 valence electrons. The predicted octanol–water partition coefficient (Wildman–Crippen LogP) is 3.42. The summed E-state index contributed by atoms with van der Waals surface area (Å²) < 4.78 is 1.91. The van der Waals surface area contributed by atoms with E-state index in [1.165, 1.54) is 0 Å². The van der Waals surface area contributed by atoms with Crippen LogP contribution in [0, 0.1) is 0 Å². The third-order valence-electron chi connectivity index (χ3n) is 2.89. The maximum atomic E-state index is 10.9. The normalized spacial score (nSPS) is 10.6. The minimum absolute atomic E-state index is 0.671. The van der Waals surface area contributed by atoms with E-state index in [2.05, 4.69) is 18.2 Å². The summed E-state index contributed by atoms with van der Waals surface area (Å²) in [6.45, 7) is 0. The number of rotatable bonds is 2. The number of pyridine rings is 1. The first-order chi connectivity index (χ1) is 8.38. The van der Waals surface area contributed by atoms with E-state index in [1.54, 1.807) is 0 Å². The molecule has 0 aliphatic rings. The van der Waals surface area contributed by atoms with Crippen molar-refractivity contribution in [3.63, 3.8) is 0 Å². The van der Waals surface area contributed by atoms with Crippen LogP contribution < -0.4 is 0 Å². The molecule has 0 saturated carbocycles. The molecule has 0 atom stereocenters. The fourth-order valence-electron chi connectivity index (χ4n) is 2.04. The van der Waals surface area contributed by atoms with E-state index in [9.17, 15) is 4.79 Å². The van der Waals surface area contributed by atoms with E-state index in [0.29, 0.717) is 5.69 Å². The van der Waals surface area contributed by atoms with Gasteiger partial charge < -0.3 is 4.40 Å². The van der Waals surface area contributed by atoms with Crippen LogP contribution in [-0.4, -0.2) is 10.7 Å². The van der Waals surface area contributed by atoms with Crippen LogP contribution in [0.3, 0.4) is 0 Å². The summed E-state index contributed by atoms with van der Waals surface area (Å²) in [5, 5.41) is 0. The molecular weight excluding hydrogens is 210 g/mol. The summed E-state index contributed by atoms with van der Waals surface area (Å²) in [7, 11) is 0. The number of nitrogens with zero attached hydrogens (tertiary/aromatic N) is 1. The van der Waals surface area contributed by atoms with Crippen molar-refractivity contribution < 1.29 is 4.79 Å². The van der Waals surface area contributed by atoms with Crippen LogP contribution in [0.15, 0.2) is 60.8 Å². The lowest BCUT2D eigenvalue weighted by Crippen LogP contribution is -1.91. The van der Waals surface area contributed by atoms with Gasteiger partial charge in [0, 0.05) is 17.3 Å². The highest BCUT2D eigenvalue weighted by Crippen LogP contribution is 2.22. The average molecular weight is 221 g/mol. The van der Waals surface area contributed by atoms with Gasteiger partial charge in [0.15, 0.2) is 6.29 Å². The molecular formula is C15H11NO. The number of carbonyl (C=O) groups is 1.